The molecule has 0 amide bonds. The lowest BCUT2D eigenvalue weighted by atomic mass is 9.87. The molecule has 1 saturated carbocycles. The molecule has 1 aliphatic rings. The normalized spacial score (nSPS) is 29.5. The topological polar surface area (TPSA) is 46.2 Å². The van der Waals surface area contributed by atoms with Crippen molar-refractivity contribution in [3.8, 4) is 0 Å². The third kappa shape index (κ3) is 2.77. The van der Waals surface area contributed by atoms with Crippen LogP contribution in [0.4, 0.5) is 0 Å². The van der Waals surface area contributed by atoms with Crippen LogP contribution in [0, 0.1) is 5.41 Å². The van der Waals surface area contributed by atoms with Crippen molar-refractivity contribution in [2.24, 2.45) is 5.41 Å². The second kappa shape index (κ2) is 5.05. The molecular formula is C12H25NO2S. The molecule has 4 heteroatoms. The van der Waals surface area contributed by atoms with Gasteiger partial charge in [0, 0.05) is 6.04 Å². The van der Waals surface area contributed by atoms with E-state index in [0.717, 1.165) is 25.8 Å². The van der Waals surface area contributed by atoms with Gasteiger partial charge in [-0.15, -0.1) is 0 Å². The molecule has 1 fully saturated rings. The summed E-state index contributed by atoms with van der Waals surface area (Å²) in [5.41, 5.74) is 0.0987. The largest absolute Gasteiger partial charge is 0.312 e. The molecule has 0 radical (unpaired) electrons. The zero-order valence-corrected chi connectivity index (χ0v) is 11.7. The Morgan fingerprint density at radius 2 is 1.94 bits per heavy atom. The van der Waals surface area contributed by atoms with Crippen LogP contribution in [-0.4, -0.2) is 32.0 Å². The van der Waals surface area contributed by atoms with E-state index in [0.29, 0.717) is 5.75 Å². The number of hydrogen-bond acceptors (Lipinski definition) is 3. The molecule has 0 spiro atoms. The maximum atomic E-state index is 12.2. The van der Waals surface area contributed by atoms with Crippen LogP contribution in [0.2, 0.25) is 0 Å². The zero-order chi connectivity index (χ0) is 12.4. The van der Waals surface area contributed by atoms with Gasteiger partial charge >= 0.3 is 0 Å². The molecule has 1 N–H and O–H groups in total. The van der Waals surface area contributed by atoms with E-state index in [1.807, 2.05) is 13.8 Å². The van der Waals surface area contributed by atoms with Gasteiger partial charge in [-0.1, -0.05) is 27.7 Å². The fraction of sp³-hybridized carbons (Fsp3) is 1.00. The second-order valence-corrected chi connectivity index (χ2v) is 7.81. The second-order valence-electron chi connectivity index (χ2n) is 5.47. The van der Waals surface area contributed by atoms with Gasteiger partial charge in [0.05, 0.1) is 11.0 Å². The standard InChI is InChI=1S/C12H25NO2S/c1-5-9-16(14,15)10-7-8-12(3,4)11(10)13-6-2/h10-11,13H,5-9H2,1-4H3. The van der Waals surface area contributed by atoms with Crippen molar-refractivity contribution in [2.45, 2.75) is 58.2 Å². The Balaban J connectivity index is 2.89. The van der Waals surface area contributed by atoms with Crippen LogP contribution in [0.3, 0.4) is 0 Å². The molecule has 0 aromatic carbocycles. The van der Waals surface area contributed by atoms with Crippen molar-refractivity contribution in [1.82, 2.24) is 5.32 Å². The smallest absolute Gasteiger partial charge is 0.154 e. The molecular weight excluding hydrogens is 222 g/mol. The van der Waals surface area contributed by atoms with Gasteiger partial charge in [0.25, 0.3) is 0 Å². The van der Waals surface area contributed by atoms with E-state index in [2.05, 4.69) is 19.2 Å². The van der Waals surface area contributed by atoms with Crippen LogP contribution >= 0.6 is 0 Å². The Bertz CT molecular complexity index is 322. The van der Waals surface area contributed by atoms with E-state index in [9.17, 15) is 8.42 Å². The van der Waals surface area contributed by atoms with E-state index in [4.69, 9.17) is 0 Å². The fourth-order valence-electron chi connectivity index (χ4n) is 2.79. The van der Waals surface area contributed by atoms with Crippen LogP contribution in [0.15, 0.2) is 0 Å². The quantitative estimate of drug-likeness (QED) is 0.808. The first kappa shape index (κ1) is 14.0. The Morgan fingerprint density at radius 3 is 2.44 bits per heavy atom. The lowest BCUT2D eigenvalue weighted by molar-refractivity contribution is 0.288. The van der Waals surface area contributed by atoms with Crippen molar-refractivity contribution in [3.63, 3.8) is 0 Å². The van der Waals surface area contributed by atoms with Crippen LogP contribution in [0.5, 0.6) is 0 Å². The zero-order valence-electron chi connectivity index (χ0n) is 10.9. The average molecular weight is 247 g/mol. The van der Waals surface area contributed by atoms with E-state index in [1.165, 1.54) is 0 Å². The summed E-state index contributed by atoms with van der Waals surface area (Å²) in [5, 5.41) is 3.19. The Hall–Kier alpha value is -0.0900. The van der Waals surface area contributed by atoms with Gasteiger partial charge in [0.2, 0.25) is 0 Å². The first-order valence-electron chi connectivity index (χ1n) is 6.30. The molecule has 1 rings (SSSR count). The highest BCUT2D eigenvalue weighted by atomic mass is 32.2. The first-order valence-corrected chi connectivity index (χ1v) is 8.01. The van der Waals surface area contributed by atoms with E-state index in [-0.39, 0.29) is 16.7 Å². The van der Waals surface area contributed by atoms with Crippen LogP contribution < -0.4 is 5.32 Å². The predicted molar refractivity (Wildman–Crippen MR) is 68.3 cm³/mol. The summed E-state index contributed by atoms with van der Waals surface area (Å²) >= 11 is 0. The van der Waals surface area contributed by atoms with E-state index in [1.54, 1.807) is 0 Å². The minimum atomic E-state index is -2.91. The third-order valence-electron chi connectivity index (χ3n) is 3.66. The van der Waals surface area contributed by atoms with Crippen molar-refractivity contribution < 1.29 is 8.42 Å². The van der Waals surface area contributed by atoms with Crippen molar-refractivity contribution in [2.75, 3.05) is 12.3 Å². The van der Waals surface area contributed by atoms with Gasteiger partial charge in [-0.25, -0.2) is 8.42 Å². The predicted octanol–water partition coefficient (Wildman–Crippen LogP) is 1.98. The number of nitrogens with one attached hydrogen (secondary N) is 1. The molecule has 3 nitrogen and oxygen atoms in total. The van der Waals surface area contributed by atoms with Gasteiger partial charge in [-0.3, -0.25) is 0 Å². The Morgan fingerprint density at radius 1 is 1.31 bits per heavy atom. The lowest BCUT2D eigenvalue weighted by Crippen LogP contribution is -2.47. The highest BCUT2D eigenvalue weighted by Crippen LogP contribution is 2.40. The van der Waals surface area contributed by atoms with Crippen LogP contribution in [0.25, 0.3) is 0 Å². The molecule has 0 saturated heterocycles. The SMILES string of the molecule is CCCS(=O)(=O)C1CCC(C)(C)C1NCC. The lowest BCUT2D eigenvalue weighted by Gasteiger charge is -2.31. The molecule has 0 aliphatic heterocycles. The molecule has 2 atom stereocenters. The number of sulfone groups is 1. The van der Waals surface area contributed by atoms with Gasteiger partial charge in [0.15, 0.2) is 9.84 Å². The van der Waals surface area contributed by atoms with E-state index < -0.39 is 9.84 Å². The maximum Gasteiger partial charge on any atom is 0.154 e. The first-order chi connectivity index (χ1) is 7.35. The molecule has 2 unspecified atom stereocenters. The van der Waals surface area contributed by atoms with E-state index >= 15 is 0 Å². The highest BCUT2D eigenvalue weighted by molar-refractivity contribution is 7.92. The maximum absolute atomic E-state index is 12.2. The Labute approximate surface area is 99.9 Å². The summed E-state index contributed by atoms with van der Waals surface area (Å²) in [4.78, 5) is 0. The fourth-order valence-corrected chi connectivity index (χ4v) is 5.02. The highest BCUT2D eigenvalue weighted by Gasteiger charge is 2.46. The van der Waals surface area contributed by atoms with Crippen LogP contribution in [0.1, 0.15) is 47.0 Å². The van der Waals surface area contributed by atoms with Crippen molar-refractivity contribution in [1.29, 1.82) is 0 Å². The van der Waals surface area contributed by atoms with Crippen molar-refractivity contribution in [3.05, 3.63) is 0 Å². The summed E-state index contributed by atoms with van der Waals surface area (Å²) in [5.74, 6) is 0.329. The molecule has 0 aromatic heterocycles. The molecule has 96 valence electrons. The average Bonchev–Trinajstić information content (AvgIpc) is 2.44. The summed E-state index contributed by atoms with van der Waals surface area (Å²) in [7, 11) is -2.91. The van der Waals surface area contributed by atoms with Crippen molar-refractivity contribution >= 4 is 9.84 Å². The van der Waals surface area contributed by atoms with Gasteiger partial charge < -0.3 is 5.32 Å². The summed E-state index contributed by atoms with van der Waals surface area (Å²) < 4.78 is 24.3. The molecule has 0 bridgehead atoms. The molecule has 1 aliphatic carbocycles. The van der Waals surface area contributed by atoms with Gasteiger partial charge in [-0.2, -0.15) is 0 Å². The third-order valence-corrected chi connectivity index (χ3v) is 6.07. The van der Waals surface area contributed by atoms with Gasteiger partial charge in [0.1, 0.15) is 0 Å². The minimum absolute atomic E-state index is 0.0987. The minimum Gasteiger partial charge on any atom is -0.312 e. The summed E-state index contributed by atoms with van der Waals surface area (Å²) in [6.07, 6.45) is 2.53. The molecule has 16 heavy (non-hydrogen) atoms. The van der Waals surface area contributed by atoms with Crippen LogP contribution in [-0.2, 0) is 9.84 Å². The summed E-state index contributed by atoms with van der Waals surface area (Å²) in [6, 6.07) is 0.119. The monoisotopic (exact) mass is 247 g/mol. The van der Waals surface area contributed by atoms with Gasteiger partial charge in [-0.05, 0) is 31.2 Å². The molecule has 0 aromatic rings. The Kier molecular flexibility index (Phi) is 4.41. The molecule has 0 heterocycles. The number of hydrogen-bond donors (Lipinski definition) is 1. The summed E-state index contributed by atoms with van der Waals surface area (Å²) in [6.45, 7) is 9.15. The number of rotatable bonds is 5.